The predicted molar refractivity (Wildman–Crippen MR) is 117 cm³/mol. The summed E-state index contributed by atoms with van der Waals surface area (Å²) < 4.78 is 1.61. The lowest BCUT2D eigenvalue weighted by atomic mass is 10.1. The topological polar surface area (TPSA) is 67.2 Å². The van der Waals surface area contributed by atoms with E-state index >= 15 is 0 Å². The summed E-state index contributed by atoms with van der Waals surface area (Å²) in [5.74, 6) is -0.467. The Kier molecular flexibility index (Phi) is 6.05. The van der Waals surface area contributed by atoms with Gasteiger partial charge in [-0.25, -0.2) is 4.68 Å². The number of hydrogen-bond donors (Lipinski definition) is 1. The zero-order valence-electron chi connectivity index (χ0n) is 17.2. The normalized spacial score (nSPS) is 14.0. The zero-order chi connectivity index (χ0) is 20.9. The van der Waals surface area contributed by atoms with Crippen molar-refractivity contribution < 1.29 is 4.79 Å². The molecule has 1 aromatic heterocycles. The van der Waals surface area contributed by atoms with Crippen LogP contribution in [0, 0.1) is 6.92 Å². The minimum absolute atomic E-state index is 0.102. The van der Waals surface area contributed by atoms with E-state index in [9.17, 15) is 9.59 Å². The summed E-state index contributed by atoms with van der Waals surface area (Å²) in [6, 6.07) is 19.2. The Balaban J connectivity index is 1.43. The van der Waals surface area contributed by atoms with Crippen molar-refractivity contribution in [3.63, 3.8) is 0 Å². The molecule has 2 aromatic carbocycles. The number of likely N-dealkylation sites (tertiary alicyclic amines) is 1. The molecule has 1 saturated heterocycles. The quantitative estimate of drug-likeness (QED) is 0.688. The second kappa shape index (κ2) is 9.05. The van der Waals surface area contributed by atoms with Gasteiger partial charge in [0.1, 0.15) is 0 Å². The van der Waals surface area contributed by atoms with Gasteiger partial charge in [0.2, 0.25) is 5.43 Å². The van der Waals surface area contributed by atoms with Gasteiger partial charge in [-0.2, -0.15) is 5.10 Å². The van der Waals surface area contributed by atoms with E-state index < -0.39 is 5.91 Å². The molecule has 1 amide bonds. The molecule has 1 aliphatic rings. The second-order valence-electron chi connectivity index (χ2n) is 7.73. The molecule has 2 heterocycles. The molecule has 6 nitrogen and oxygen atoms in total. The van der Waals surface area contributed by atoms with Gasteiger partial charge in [-0.3, -0.25) is 14.5 Å². The van der Waals surface area contributed by atoms with Crippen LogP contribution in [0.2, 0.25) is 0 Å². The number of rotatable bonds is 6. The summed E-state index contributed by atoms with van der Waals surface area (Å²) in [5.41, 5.74) is 3.27. The zero-order valence-corrected chi connectivity index (χ0v) is 17.2. The van der Waals surface area contributed by atoms with Crippen molar-refractivity contribution in [2.45, 2.75) is 32.9 Å². The number of hydrogen-bond acceptors (Lipinski definition) is 4. The van der Waals surface area contributed by atoms with Crippen LogP contribution < -0.4 is 10.7 Å². The second-order valence-corrected chi connectivity index (χ2v) is 7.73. The first-order valence-corrected chi connectivity index (χ1v) is 10.3. The van der Waals surface area contributed by atoms with E-state index in [0.717, 1.165) is 17.8 Å². The fraction of sp³-hybridized carbons (Fsp3) is 0.292. The molecule has 154 valence electrons. The number of benzene rings is 2. The third kappa shape index (κ3) is 4.66. The van der Waals surface area contributed by atoms with Gasteiger partial charge >= 0.3 is 0 Å². The number of amides is 1. The smallest absolute Gasteiger partial charge is 0.276 e. The Morgan fingerprint density at radius 3 is 2.37 bits per heavy atom. The summed E-state index contributed by atoms with van der Waals surface area (Å²) in [5, 5.41) is 7.13. The maximum atomic E-state index is 12.6. The van der Waals surface area contributed by atoms with Crippen molar-refractivity contribution in [2.24, 2.45) is 0 Å². The number of aryl methyl sites for hydroxylation is 1. The van der Waals surface area contributed by atoms with Crippen LogP contribution in [0.25, 0.3) is 5.69 Å². The minimum Gasteiger partial charge on any atom is -0.346 e. The molecule has 3 aromatic rings. The van der Waals surface area contributed by atoms with Crippen LogP contribution in [0.4, 0.5) is 0 Å². The Bertz CT molecular complexity index is 1070. The molecular weight excluding hydrogens is 376 g/mol. The van der Waals surface area contributed by atoms with Gasteiger partial charge in [-0.15, -0.1) is 0 Å². The van der Waals surface area contributed by atoms with Crippen LogP contribution in [0.15, 0.2) is 65.5 Å². The number of carbonyl (C=O) groups excluding carboxylic acids is 1. The third-order valence-corrected chi connectivity index (χ3v) is 5.40. The van der Waals surface area contributed by atoms with Crippen molar-refractivity contribution >= 4 is 5.91 Å². The molecule has 1 N–H and O–H groups in total. The van der Waals surface area contributed by atoms with Crippen molar-refractivity contribution in [1.82, 2.24) is 20.0 Å². The average molecular weight is 402 g/mol. The van der Waals surface area contributed by atoms with Gasteiger partial charge in [0, 0.05) is 24.8 Å². The maximum absolute atomic E-state index is 12.6. The van der Waals surface area contributed by atoms with Crippen molar-refractivity contribution in [2.75, 3.05) is 13.1 Å². The molecule has 0 aliphatic carbocycles. The van der Waals surface area contributed by atoms with Crippen molar-refractivity contribution in [3.8, 4) is 5.69 Å². The van der Waals surface area contributed by atoms with E-state index in [1.54, 1.807) is 11.6 Å². The fourth-order valence-electron chi connectivity index (χ4n) is 3.76. The molecule has 0 radical (unpaired) electrons. The van der Waals surface area contributed by atoms with Crippen LogP contribution in [0.1, 0.15) is 40.2 Å². The number of nitrogens with one attached hydrogen (secondary N) is 1. The Hall–Kier alpha value is -3.25. The highest BCUT2D eigenvalue weighted by Gasteiger charge is 2.15. The molecule has 6 heteroatoms. The van der Waals surface area contributed by atoms with Crippen LogP contribution >= 0.6 is 0 Å². The van der Waals surface area contributed by atoms with Gasteiger partial charge in [-0.05, 0) is 56.1 Å². The van der Waals surface area contributed by atoms with Crippen LogP contribution in [0.5, 0.6) is 0 Å². The van der Waals surface area contributed by atoms with E-state index in [4.69, 9.17) is 0 Å². The van der Waals surface area contributed by atoms with Crippen molar-refractivity contribution in [1.29, 1.82) is 0 Å². The number of carbonyl (C=O) groups is 1. The largest absolute Gasteiger partial charge is 0.346 e. The van der Waals surface area contributed by atoms with Gasteiger partial charge < -0.3 is 5.32 Å². The third-order valence-electron chi connectivity index (χ3n) is 5.40. The number of aromatic nitrogens is 2. The Morgan fingerprint density at radius 2 is 1.67 bits per heavy atom. The van der Waals surface area contributed by atoms with E-state index in [1.807, 2.05) is 42.5 Å². The Labute approximate surface area is 176 Å². The molecule has 0 spiro atoms. The molecule has 4 rings (SSSR count). The number of nitrogens with zero attached hydrogens (tertiary/aromatic N) is 3. The molecule has 0 saturated carbocycles. The standard InChI is InChI=1S/C24H26N4O2/c1-18-15-22(29)23(26-28(18)21-7-3-2-4-8-21)24(30)25-16-19-9-11-20(12-10-19)17-27-13-5-6-14-27/h2-4,7-12,15H,5-6,13-14,16-17H2,1H3,(H,25,30). The molecule has 0 bridgehead atoms. The maximum Gasteiger partial charge on any atom is 0.276 e. The van der Waals surface area contributed by atoms with Gasteiger partial charge in [0.05, 0.1) is 5.69 Å². The monoisotopic (exact) mass is 402 g/mol. The summed E-state index contributed by atoms with van der Waals surface area (Å²) >= 11 is 0. The molecule has 0 atom stereocenters. The first kappa shape index (κ1) is 20.0. The number of para-hydroxylation sites is 1. The van der Waals surface area contributed by atoms with Crippen LogP contribution in [-0.2, 0) is 13.1 Å². The highest BCUT2D eigenvalue weighted by Crippen LogP contribution is 2.13. The van der Waals surface area contributed by atoms with E-state index in [0.29, 0.717) is 12.2 Å². The van der Waals surface area contributed by atoms with Crippen LogP contribution in [0.3, 0.4) is 0 Å². The molecule has 30 heavy (non-hydrogen) atoms. The lowest BCUT2D eigenvalue weighted by Crippen LogP contribution is -2.31. The SMILES string of the molecule is Cc1cc(=O)c(C(=O)NCc2ccc(CN3CCCC3)cc2)nn1-c1ccccc1. The first-order valence-electron chi connectivity index (χ1n) is 10.3. The predicted octanol–water partition coefficient (Wildman–Crippen LogP) is 3.07. The highest BCUT2D eigenvalue weighted by molar-refractivity contribution is 5.92. The lowest BCUT2D eigenvalue weighted by molar-refractivity contribution is 0.0943. The van der Waals surface area contributed by atoms with Gasteiger partial charge in [-0.1, -0.05) is 42.5 Å². The van der Waals surface area contributed by atoms with Gasteiger partial charge in [0.25, 0.3) is 5.91 Å². The summed E-state index contributed by atoms with van der Waals surface area (Å²) in [6.07, 6.45) is 2.56. The molecule has 1 aliphatic heterocycles. The fourth-order valence-corrected chi connectivity index (χ4v) is 3.76. The first-order chi connectivity index (χ1) is 14.6. The molecular formula is C24H26N4O2. The van der Waals surface area contributed by atoms with Gasteiger partial charge in [0.15, 0.2) is 5.69 Å². The van der Waals surface area contributed by atoms with Crippen LogP contribution in [-0.4, -0.2) is 33.7 Å². The van der Waals surface area contributed by atoms with E-state index in [1.165, 1.54) is 37.6 Å². The van der Waals surface area contributed by atoms with E-state index in [2.05, 4.69) is 27.4 Å². The van der Waals surface area contributed by atoms with E-state index in [-0.39, 0.29) is 11.1 Å². The summed E-state index contributed by atoms with van der Waals surface area (Å²) in [6.45, 7) is 5.46. The summed E-state index contributed by atoms with van der Waals surface area (Å²) in [4.78, 5) is 27.4. The minimum atomic E-state index is -0.467. The summed E-state index contributed by atoms with van der Waals surface area (Å²) in [7, 11) is 0. The van der Waals surface area contributed by atoms with Crippen molar-refractivity contribution in [3.05, 3.63) is 93.4 Å². The average Bonchev–Trinajstić information content (AvgIpc) is 3.27. The Morgan fingerprint density at radius 1 is 1.00 bits per heavy atom. The lowest BCUT2D eigenvalue weighted by Gasteiger charge is -2.14. The highest BCUT2D eigenvalue weighted by atomic mass is 16.2. The molecule has 1 fully saturated rings. The molecule has 0 unspecified atom stereocenters.